The second-order valence-corrected chi connectivity index (χ2v) is 7.84. The van der Waals surface area contributed by atoms with Crippen molar-refractivity contribution in [2.24, 2.45) is 0 Å². The van der Waals surface area contributed by atoms with Crippen molar-refractivity contribution in [3.05, 3.63) is 59.6 Å². The Kier molecular flexibility index (Phi) is 10.0. The van der Waals surface area contributed by atoms with E-state index < -0.39 is 20.5 Å². The Bertz CT molecular complexity index is 805. The average molecular weight is 471 g/mol. The fourth-order valence-corrected chi connectivity index (χ4v) is 3.14. The highest BCUT2D eigenvalue weighted by Gasteiger charge is 1.97. The lowest BCUT2D eigenvalue weighted by Crippen LogP contribution is -2.68. The van der Waals surface area contributed by atoms with Crippen LogP contribution in [-0.2, 0) is 0 Å². The first-order valence-electron chi connectivity index (χ1n) is 6.85. The van der Waals surface area contributed by atoms with Gasteiger partial charge in [0.1, 0.15) is 9.40 Å². The molecule has 0 saturated carbocycles. The largest absolute Gasteiger partial charge is 0.224 e. The Hall–Kier alpha value is -1.52. The highest BCUT2D eigenvalue weighted by Crippen LogP contribution is 2.12. The van der Waals surface area contributed by atoms with Crippen LogP contribution in [0.15, 0.2) is 59.6 Å². The van der Waals surface area contributed by atoms with Crippen molar-refractivity contribution in [3.63, 3.8) is 0 Å². The zero-order valence-electron chi connectivity index (χ0n) is 13.6. The van der Waals surface area contributed by atoms with Crippen molar-refractivity contribution < 1.29 is 67.7 Å². The molecule has 14 heteroatoms. The van der Waals surface area contributed by atoms with E-state index >= 15 is 0 Å². The minimum absolute atomic E-state index is 1.22. The van der Waals surface area contributed by atoms with Crippen molar-refractivity contribution in [3.8, 4) is 0 Å². The summed E-state index contributed by atoms with van der Waals surface area (Å²) in [5, 5.41) is 0. The SMILES string of the molecule is [O-][Cl+3]([O-])([O-])[O-].[O-][Cl+3]([O-])([O-])[O-].c1ccc2sc[nH+]c2c1.c1ccc2sc[nH+]c2c1. The molecule has 2 heterocycles. The molecule has 2 N–H and O–H groups in total. The fraction of sp³-hybridized carbons (Fsp3) is 0. The molecule has 2 aromatic carbocycles. The average Bonchev–Trinajstić information content (AvgIpc) is 3.21. The van der Waals surface area contributed by atoms with Crippen LogP contribution in [0.25, 0.3) is 20.4 Å². The number of rotatable bonds is 0. The summed E-state index contributed by atoms with van der Waals surface area (Å²) in [5.74, 6) is 0. The third kappa shape index (κ3) is 12.8. The van der Waals surface area contributed by atoms with E-state index in [1.807, 2.05) is 35.3 Å². The van der Waals surface area contributed by atoms with E-state index in [9.17, 15) is 0 Å². The van der Waals surface area contributed by atoms with Crippen LogP contribution in [-0.4, -0.2) is 0 Å². The normalized spacial score (nSPS) is 10.9. The van der Waals surface area contributed by atoms with Crippen LogP contribution in [0.5, 0.6) is 0 Å². The minimum Gasteiger partial charge on any atom is -0.222 e. The molecule has 28 heavy (non-hydrogen) atoms. The number of benzene rings is 2. The van der Waals surface area contributed by atoms with Crippen LogP contribution in [0.4, 0.5) is 0 Å². The Labute approximate surface area is 170 Å². The van der Waals surface area contributed by atoms with Gasteiger partial charge in [0.25, 0.3) is 0 Å². The Morgan fingerprint density at radius 2 is 0.821 bits per heavy atom. The van der Waals surface area contributed by atoms with Crippen molar-refractivity contribution >= 4 is 43.1 Å². The smallest absolute Gasteiger partial charge is 0.222 e. The summed E-state index contributed by atoms with van der Waals surface area (Å²) in [4.78, 5) is 6.28. The molecule has 0 bridgehead atoms. The molecule has 0 atom stereocenters. The zero-order valence-corrected chi connectivity index (χ0v) is 16.8. The lowest BCUT2D eigenvalue weighted by atomic mass is 10.3. The molecule has 0 aliphatic rings. The first-order chi connectivity index (χ1) is 12.9. The van der Waals surface area contributed by atoms with Crippen LogP contribution < -0.4 is 47.2 Å². The van der Waals surface area contributed by atoms with Crippen LogP contribution in [0.2, 0.25) is 0 Å². The molecule has 0 unspecified atom stereocenters. The number of hydrogen-bond donors (Lipinski definition) is 0. The van der Waals surface area contributed by atoms with E-state index in [-0.39, 0.29) is 0 Å². The molecule has 10 nitrogen and oxygen atoms in total. The van der Waals surface area contributed by atoms with Gasteiger partial charge in [-0.3, -0.25) is 0 Å². The van der Waals surface area contributed by atoms with Gasteiger partial charge in [0.15, 0.2) is 0 Å². The van der Waals surface area contributed by atoms with Gasteiger partial charge in [-0.05, 0) is 12.1 Å². The summed E-state index contributed by atoms with van der Waals surface area (Å²) in [7, 11) is -9.89. The summed E-state index contributed by atoms with van der Waals surface area (Å²) < 4.78 is 70.6. The van der Waals surface area contributed by atoms with E-state index in [2.05, 4.69) is 34.2 Å². The van der Waals surface area contributed by atoms with Crippen LogP contribution in [0, 0.1) is 20.5 Å². The van der Waals surface area contributed by atoms with Crippen LogP contribution in [0.1, 0.15) is 0 Å². The van der Waals surface area contributed by atoms with E-state index in [0.29, 0.717) is 0 Å². The van der Waals surface area contributed by atoms with Crippen molar-refractivity contribution in [1.29, 1.82) is 0 Å². The van der Waals surface area contributed by atoms with Gasteiger partial charge in [-0.2, -0.15) is 0 Å². The number of fused-ring (bicyclic) bond motifs is 2. The molecule has 152 valence electrons. The number of aromatic amines is 2. The second kappa shape index (κ2) is 11.5. The Morgan fingerprint density at radius 3 is 1.11 bits per heavy atom. The standard InChI is InChI=1S/2C7H5NS.2ClHO4/c2*1-2-4-7-6(3-1)8-5-9-7;2*2-1(3,4)5/h2*1-5H;2*(H,2,3,4,5). The monoisotopic (exact) mass is 470 g/mol. The van der Waals surface area contributed by atoms with Gasteiger partial charge in [0, 0.05) is 12.1 Å². The molecule has 0 aliphatic carbocycles. The molecule has 4 aromatic rings. The highest BCUT2D eigenvalue weighted by atomic mass is 35.7. The quantitative estimate of drug-likeness (QED) is 0.240. The first-order valence-corrected chi connectivity index (χ1v) is 11.1. The predicted molar refractivity (Wildman–Crippen MR) is 76.8 cm³/mol. The van der Waals surface area contributed by atoms with Crippen LogP contribution >= 0.6 is 22.7 Å². The number of halogens is 2. The lowest BCUT2D eigenvalue weighted by Gasteiger charge is -2.17. The first kappa shape index (κ1) is 24.5. The summed E-state index contributed by atoms with van der Waals surface area (Å²) in [5.41, 5.74) is 6.43. The van der Waals surface area contributed by atoms with Crippen LogP contribution in [0.3, 0.4) is 0 Å². The predicted octanol–water partition coefficient (Wildman–Crippen LogP) is -6.08. The molecule has 0 spiro atoms. The van der Waals surface area contributed by atoms with Gasteiger partial charge >= 0.3 is 0 Å². The van der Waals surface area contributed by atoms with Gasteiger partial charge in [0.2, 0.25) is 22.1 Å². The van der Waals surface area contributed by atoms with E-state index in [0.717, 1.165) is 0 Å². The van der Waals surface area contributed by atoms with E-state index in [1.54, 1.807) is 22.7 Å². The third-order valence-corrected chi connectivity index (χ3v) is 4.27. The molecular weight excluding hydrogens is 459 g/mol. The van der Waals surface area contributed by atoms with E-state index in [1.165, 1.54) is 20.4 Å². The summed E-state index contributed by atoms with van der Waals surface area (Å²) >= 11 is 3.46. The summed E-state index contributed by atoms with van der Waals surface area (Å²) in [6.07, 6.45) is 0. The molecule has 4 rings (SSSR count). The number of hydrogen-bond acceptors (Lipinski definition) is 10. The molecule has 0 aliphatic heterocycles. The number of aromatic nitrogens is 2. The van der Waals surface area contributed by atoms with Gasteiger partial charge in [-0.1, -0.05) is 46.9 Å². The molecule has 0 fully saturated rings. The molecule has 0 saturated heterocycles. The molecule has 0 radical (unpaired) electrons. The van der Waals surface area contributed by atoms with Crippen molar-refractivity contribution in [2.75, 3.05) is 0 Å². The van der Waals surface area contributed by atoms with E-state index in [4.69, 9.17) is 37.3 Å². The maximum atomic E-state index is 8.49. The van der Waals surface area contributed by atoms with Crippen molar-refractivity contribution in [2.45, 2.75) is 0 Å². The van der Waals surface area contributed by atoms with Gasteiger partial charge in [-0.15, -0.1) is 20.5 Å². The topological polar surface area (TPSA) is 213 Å². The highest BCUT2D eigenvalue weighted by molar-refractivity contribution is 7.16. The number of nitrogens with one attached hydrogen (secondary N) is 2. The Morgan fingerprint density at radius 1 is 0.536 bits per heavy atom. The minimum atomic E-state index is -4.94. The summed E-state index contributed by atoms with van der Waals surface area (Å²) in [6.45, 7) is 0. The lowest BCUT2D eigenvalue weighted by molar-refractivity contribution is -2.00. The zero-order chi connectivity index (χ0) is 21.2. The Balaban J connectivity index is 0.000000196. The van der Waals surface area contributed by atoms with Gasteiger partial charge in [-0.25, -0.2) is 47.2 Å². The fourth-order valence-electron chi connectivity index (χ4n) is 1.69. The molecule has 2 aromatic heterocycles. The molecule has 0 amide bonds. The maximum Gasteiger partial charge on any atom is 0.224 e. The number of thiazole rings is 2. The van der Waals surface area contributed by atoms with Gasteiger partial charge < -0.3 is 0 Å². The third-order valence-electron chi connectivity index (χ3n) is 2.57. The van der Waals surface area contributed by atoms with Crippen molar-refractivity contribution in [1.82, 2.24) is 0 Å². The summed E-state index contributed by atoms with van der Waals surface area (Å²) in [6, 6.07) is 16.5. The second-order valence-electron chi connectivity index (χ2n) is 4.51. The number of para-hydroxylation sites is 2. The van der Waals surface area contributed by atoms with Gasteiger partial charge in [0.05, 0.1) is 0 Å². The maximum absolute atomic E-state index is 8.49. The molecular formula is C14H12Cl2N2O8S2. The number of H-pyrrole nitrogens is 2.